The van der Waals surface area contributed by atoms with Crippen molar-refractivity contribution in [2.45, 2.75) is 26.4 Å². The lowest BCUT2D eigenvalue weighted by atomic mass is 10.1. The van der Waals surface area contributed by atoms with E-state index in [0.29, 0.717) is 6.54 Å². The van der Waals surface area contributed by atoms with Crippen LogP contribution in [0.15, 0.2) is 24.3 Å². The van der Waals surface area contributed by atoms with Gasteiger partial charge in [-0.1, -0.05) is 18.2 Å². The van der Waals surface area contributed by atoms with Crippen LogP contribution in [0.2, 0.25) is 0 Å². The number of hydrogen-bond donors (Lipinski definition) is 1. The standard InChI is InChI=1S/C18H30N4O/c1-5-21(4)17-9-7-6-8-16(17)14-19-18(23)15(2)22-12-10-20(3)11-13-22/h6-9,15H,5,10-14H2,1-4H3,(H,19,23)/t15-/m0/s1. The number of carbonyl (C=O) groups excluding carboxylic acids is 1. The summed E-state index contributed by atoms with van der Waals surface area (Å²) in [6, 6.07) is 8.19. The first-order chi connectivity index (χ1) is 11.0. The second-order valence-electron chi connectivity index (χ2n) is 6.38. The molecule has 5 nitrogen and oxygen atoms in total. The number of anilines is 1. The Hall–Kier alpha value is -1.59. The average Bonchev–Trinajstić information content (AvgIpc) is 2.59. The Morgan fingerprint density at radius 1 is 1.26 bits per heavy atom. The number of para-hydroxylation sites is 1. The molecule has 0 aliphatic carbocycles. The molecule has 0 spiro atoms. The minimum absolute atomic E-state index is 0.0697. The molecule has 1 amide bonds. The minimum Gasteiger partial charge on any atom is -0.375 e. The molecule has 0 bridgehead atoms. The van der Waals surface area contributed by atoms with Crippen LogP contribution >= 0.6 is 0 Å². The molecule has 1 aliphatic rings. The Labute approximate surface area is 140 Å². The Balaban J connectivity index is 1.91. The van der Waals surface area contributed by atoms with Crippen LogP contribution in [0, 0.1) is 0 Å². The van der Waals surface area contributed by atoms with Gasteiger partial charge in [0.1, 0.15) is 0 Å². The Bertz CT molecular complexity index is 511. The summed E-state index contributed by atoms with van der Waals surface area (Å²) in [4.78, 5) is 19.2. The SMILES string of the molecule is CCN(C)c1ccccc1CNC(=O)[C@H](C)N1CCN(C)CC1. The maximum absolute atomic E-state index is 12.5. The topological polar surface area (TPSA) is 38.8 Å². The molecule has 0 saturated carbocycles. The largest absolute Gasteiger partial charge is 0.375 e. The summed E-state index contributed by atoms with van der Waals surface area (Å²) in [7, 11) is 4.21. The van der Waals surface area contributed by atoms with Gasteiger partial charge in [-0.25, -0.2) is 0 Å². The van der Waals surface area contributed by atoms with Crippen LogP contribution in [-0.2, 0) is 11.3 Å². The monoisotopic (exact) mass is 318 g/mol. The van der Waals surface area contributed by atoms with Crippen LogP contribution < -0.4 is 10.2 Å². The minimum atomic E-state index is -0.0697. The molecule has 1 saturated heterocycles. The highest BCUT2D eigenvalue weighted by molar-refractivity contribution is 5.81. The fourth-order valence-electron chi connectivity index (χ4n) is 2.91. The van der Waals surface area contributed by atoms with E-state index in [1.807, 2.05) is 19.1 Å². The number of piperazine rings is 1. The lowest BCUT2D eigenvalue weighted by Crippen LogP contribution is -2.52. The summed E-state index contributed by atoms with van der Waals surface area (Å²) in [6.07, 6.45) is 0. The van der Waals surface area contributed by atoms with Crippen molar-refractivity contribution in [1.29, 1.82) is 0 Å². The zero-order chi connectivity index (χ0) is 16.8. The quantitative estimate of drug-likeness (QED) is 0.860. The molecule has 1 N–H and O–H groups in total. The smallest absolute Gasteiger partial charge is 0.237 e. The van der Waals surface area contributed by atoms with Crippen molar-refractivity contribution in [2.75, 3.05) is 51.7 Å². The van der Waals surface area contributed by atoms with E-state index in [1.54, 1.807) is 0 Å². The van der Waals surface area contributed by atoms with E-state index >= 15 is 0 Å². The van der Waals surface area contributed by atoms with E-state index in [4.69, 9.17) is 0 Å². The van der Waals surface area contributed by atoms with Crippen LogP contribution in [0.1, 0.15) is 19.4 Å². The Kier molecular flexibility index (Phi) is 6.42. The van der Waals surface area contributed by atoms with Crippen LogP contribution in [0.25, 0.3) is 0 Å². The summed E-state index contributed by atoms with van der Waals surface area (Å²) in [5.41, 5.74) is 2.35. The molecule has 1 heterocycles. The van der Waals surface area contributed by atoms with Gasteiger partial charge in [0.15, 0.2) is 0 Å². The van der Waals surface area contributed by atoms with Gasteiger partial charge in [-0.3, -0.25) is 9.69 Å². The highest BCUT2D eigenvalue weighted by atomic mass is 16.2. The third kappa shape index (κ3) is 4.69. The van der Waals surface area contributed by atoms with E-state index < -0.39 is 0 Å². The summed E-state index contributed by atoms with van der Waals surface area (Å²) in [6.45, 7) is 9.64. The molecule has 1 aliphatic heterocycles. The number of hydrogen-bond acceptors (Lipinski definition) is 4. The van der Waals surface area contributed by atoms with Crippen LogP contribution in [0.3, 0.4) is 0 Å². The van der Waals surface area contributed by atoms with Crippen molar-refractivity contribution < 1.29 is 4.79 Å². The number of amides is 1. The number of nitrogens with one attached hydrogen (secondary N) is 1. The molecule has 0 radical (unpaired) electrons. The average molecular weight is 318 g/mol. The molecule has 128 valence electrons. The maximum Gasteiger partial charge on any atom is 0.237 e. The van der Waals surface area contributed by atoms with Crippen LogP contribution in [0.5, 0.6) is 0 Å². The van der Waals surface area contributed by atoms with Gasteiger partial charge in [-0.15, -0.1) is 0 Å². The summed E-state index contributed by atoms with van der Waals surface area (Å²) in [5, 5.41) is 3.11. The second kappa shape index (κ2) is 8.31. The predicted octanol–water partition coefficient (Wildman–Crippen LogP) is 1.39. The molecule has 1 atom stereocenters. The fraction of sp³-hybridized carbons (Fsp3) is 0.611. The first-order valence-corrected chi connectivity index (χ1v) is 8.52. The maximum atomic E-state index is 12.5. The summed E-state index contributed by atoms with van der Waals surface area (Å²) in [5.74, 6) is 0.114. The molecule has 23 heavy (non-hydrogen) atoms. The molecule has 2 rings (SSSR count). The van der Waals surface area contributed by atoms with Crippen molar-refractivity contribution in [1.82, 2.24) is 15.1 Å². The fourth-order valence-corrected chi connectivity index (χ4v) is 2.91. The molecule has 0 unspecified atom stereocenters. The highest BCUT2D eigenvalue weighted by Crippen LogP contribution is 2.18. The lowest BCUT2D eigenvalue weighted by Gasteiger charge is -2.35. The first-order valence-electron chi connectivity index (χ1n) is 8.52. The molecule has 5 heteroatoms. The molecule has 1 aromatic carbocycles. The number of likely N-dealkylation sites (N-methyl/N-ethyl adjacent to an activating group) is 1. The molecular formula is C18H30N4O. The van der Waals surface area contributed by atoms with Gasteiger partial charge < -0.3 is 15.1 Å². The van der Waals surface area contributed by atoms with E-state index in [9.17, 15) is 4.79 Å². The van der Waals surface area contributed by atoms with Gasteiger partial charge in [-0.2, -0.15) is 0 Å². The zero-order valence-corrected chi connectivity index (χ0v) is 14.9. The number of benzene rings is 1. The van der Waals surface area contributed by atoms with E-state index in [2.05, 4.69) is 53.2 Å². The van der Waals surface area contributed by atoms with Crippen molar-refractivity contribution in [2.24, 2.45) is 0 Å². The third-order valence-electron chi connectivity index (χ3n) is 4.80. The van der Waals surface area contributed by atoms with Crippen molar-refractivity contribution in [3.05, 3.63) is 29.8 Å². The summed E-state index contributed by atoms with van der Waals surface area (Å²) >= 11 is 0. The predicted molar refractivity (Wildman–Crippen MR) is 95.8 cm³/mol. The van der Waals surface area contributed by atoms with Crippen molar-refractivity contribution >= 4 is 11.6 Å². The zero-order valence-electron chi connectivity index (χ0n) is 14.9. The van der Waals surface area contributed by atoms with Crippen LogP contribution in [-0.4, -0.2) is 68.6 Å². The van der Waals surface area contributed by atoms with Crippen LogP contribution in [0.4, 0.5) is 5.69 Å². The molecule has 1 fully saturated rings. The Morgan fingerprint density at radius 3 is 2.57 bits per heavy atom. The summed E-state index contributed by atoms with van der Waals surface area (Å²) < 4.78 is 0. The van der Waals surface area contributed by atoms with E-state index in [-0.39, 0.29) is 11.9 Å². The van der Waals surface area contributed by atoms with Gasteiger partial charge in [0, 0.05) is 52.0 Å². The Morgan fingerprint density at radius 2 is 1.91 bits per heavy atom. The van der Waals surface area contributed by atoms with E-state index in [0.717, 1.165) is 38.3 Å². The first kappa shape index (κ1) is 17.8. The van der Waals surface area contributed by atoms with Gasteiger partial charge in [-0.05, 0) is 32.5 Å². The molecule has 0 aromatic heterocycles. The van der Waals surface area contributed by atoms with Crippen molar-refractivity contribution in [3.8, 4) is 0 Å². The number of nitrogens with zero attached hydrogens (tertiary/aromatic N) is 3. The third-order valence-corrected chi connectivity index (χ3v) is 4.80. The van der Waals surface area contributed by atoms with E-state index in [1.165, 1.54) is 5.69 Å². The number of rotatable bonds is 6. The highest BCUT2D eigenvalue weighted by Gasteiger charge is 2.24. The second-order valence-corrected chi connectivity index (χ2v) is 6.38. The van der Waals surface area contributed by atoms with Crippen molar-refractivity contribution in [3.63, 3.8) is 0 Å². The van der Waals surface area contributed by atoms with Gasteiger partial charge >= 0.3 is 0 Å². The van der Waals surface area contributed by atoms with Gasteiger partial charge in [0.25, 0.3) is 0 Å². The van der Waals surface area contributed by atoms with Gasteiger partial charge in [0.05, 0.1) is 6.04 Å². The van der Waals surface area contributed by atoms with Gasteiger partial charge in [0.2, 0.25) is 5.91 Å². The normalized spacial score (nSPS) is 17.7. The molecular weight excluding hydrogens is 288 g/mol. The lowest BCUT2D eigenvalue weighted by molar-refractivity contribution is -0.126. The number of carbonyl (C=O) groups is 1. The molecule has 1 aromatic rings.